The van der Waals surface area contributed by atoms with Crippen molar-refractivity contribution in [2.75, 3.05) is 7.11 Å². The molecule has 13 heavy (non-hydrogen) atoms. The molecule has 0 N–H and O–H groups in total. The van der Waals surface area contributed by atoms with Crippen molar-refractivity contribution in [2.45, 2.75) is 0 Å². The van der Waals surface area contributed by atoms with Crippen LogP contribution in [0.4, 0.5) is 0 Å². The third-order valence-corrected chi connectivity index (χ3v) is 1.67. The first kappa shape index (κ1) is 7.72. The molecule has 66 valence electrons. The molecular formula is C8H7N4O-. The molecule has 0 fully saturated rings. The molecule has 2 aromatic rings. The number of hydrogen-bond acceptors (Lipinski definition) is 4. The standard InChI is InChI=1S/C8H7N4O/c1-13-7-5-3-2-4-6(7)8-9-11-12-10-8/h2-5H,1H3/q-1. The van der Waals surface area contributed by atoms with Crippen LogP contribution in [0.3, 0.4) is 0 Å². The Hall–Kier alpha value is -1.91. The Morgan fingerprint density at radius 1 is 1.31 bits per heavy atom. The maximum absolute atomic E-state index is 5.13. The van der Waals surface area contributed by atoms with E-state index >= 15 is 0 Å². The van der Waals surface area contributed by atoms with Crippen LogP contribution >= 0.6 is 0 Å². The van der Waals surface area contributed by atoms with Crippen molar-refractivity contribution in [1.82, 2.24) is 20.6 Å². The van der Waals surface area contributed by atoms with E-state index in [1.165, 1.54) is 0 Å². The molecular weight excluding hydrogens is 168 g/mol. The maximum atomic E-state index is 5.13. The van der Waals surface area contributed by atoms with E-state index in [4.69, 9.17) is 4.74 Å². The van der Waals surface area contributed by atoms with Crippen molar-refractivity contribution < 1.29 is 4.74 Å². The number of para-hydroxylation sites is 1. The average molecular weight is 175 g/mol. The second-order valence-electron chi connectivity index (χ2n) is 2.40. The molecule has 2 rings (SSSR count). The van der Waals surface area contributed by atoms with Gasteiger partial charge in [0.1, 0.15) is 5.75 Å². The Kier molecular flexibility index (Phi) is 1.91. The van der Waals surface area contributed by atoms with Gasteiger partial charge in [-0.3, -0.25) is 10.3 Å². The van der Waals surface area contributed by atoms with E-state index in [1.807, 2.05) is 24.3 Å². The third-order valence-electron chi connectivity index (χ3n) is 1.67. The molecule has 0 saturated carbocycles. The van der Waals surface area contributed by atoms with Gasteiger partial charge in [-0.2, -0.15) is 5.21 Å². The molecule has 5 heteroatoms. The van der Waals surface area contributed by atoms with Crippen LogP contribution < -0.4 is 9.84 Å². The van der Waals surface area contributed by atoms with E-state index in [0.29, 0.717) is 5.82 Å². The van der Waals surface area contributed by atoms with Crippen molar-refractivity contribution in [3.63, 3.8) is 0 Å². The fourth-order valence-electron chi connectivity index (χ4n) is 1.08. The van der Waals surface area contributed by atoms with E-state index in [2.05, 4.69) is 20.6 Å². The Labute approximate surface area is 74.7 Å². The molecule has 1 aromatic heterocycles. The highest BCUT2D eigenvalue weighted by atomic mass is 16.5. The number of nitrogens with zero attached hydrogens (tertiary/aromatic N) is 4. The summed E-state index contributed by atoms with van der Waals surface area (Å²) < 4.78 is 5.13. The van der Waals surface area contributed by atoms with Crippen LogP contribution in [0.25, 0.3) is 11.4 Å². The lowest BCUT2D eigenvalue weighted by Crippen LogP contribution is -1.89. The third kappa shape index (κ3) is 1.35. The van der Waals surface area contributed by atoms with E-state index in [-0.39, 0.29) is 0 Å². The number of hydrogen-bond donors (Lipinski definition) is 0. The lowest BCUT2D eigenvalue weighted by atomic mass is 10.2. The summed E-state index contributed by atoms with van der Waals surface area (Å²) in [5, 5.41) is 14.3. The number of aromatic nitrogens is 4. The lowest BCUT2D eigenvalue weighted by molar-refractivity contribution is 0.416. The van der Waals surface area contributed by atoms with Gasteiger partial charge in [-0.15, -0.1) is 0 Å². The molecule has 0 radical (unpaired) electrons. The summed E-state index contributed by atoms with van der Waals surface area (Å²) >= 11 is 0. The Morgan fingerprint density at radius 2 is 2.15 bits per heavy atom. The van der Waals surface area contributed by atoms with Gasteiger partial charge in [0.25, 0.3) is 0 Å². The zero-order chi connectivity index (χ0) is 9.10. The van der Waals surface area contributed by atoms with Crippen molar-refractivity contribution in [1.29, 1.82) is 0 Å². The number of benzene rings is 1. The Bertz CT molecular complexity index is 385. The van der Waals surface area contributed by atoms with Gasteiger partial charge in [-0.1, -0.05) is 18.2 Å². The van der Waals surface area contributed by atoms with Crippen LogP contribution in [0.1, 0.15) is 0 Å². The fraction of sp³-hybridized carbons (Fsp3) is 0.125. The molecule has 0 atom stereocenters. The lowest BCUT2D eigenvalue weighted by Gasteiger charge is -2.06. The van der Waals surface area contributed by atoms with Crippen LogP contribution in [0.2, 0.25) is 0 Å². The van der Waals surface area contributed by atoms with E-state index < -0.39 is 0 Å². The number of tetrazole rings is 1. The van der Waals surface area contributed by atoms with Crippen molar-refractivity contribution >= 4 is 0 Å². The van der Waals surface area contributed by atoms with Gasteiger partial charge in [0.05, 0.1) is 7.11 Å². The number of methoxy groups -OCH3 is 1. The minimum Gasteiger partial charge on any atom is -0.496 e. The molecule has 0 aliphatic carbocycles. The molecule has 5 nitrogen and oxygen atoms in total. The number of rotatable bonds is 2. The molecule has 0 aliphatic rings. The van der Waals surface area contributed by atoms with E-state index in [9.17, 15) is 0 Å². The normalized spacial score (nSPS) is 9.92. The molecule has 0 bridgehead atoms. The Balaban J connectivity index is 2.51. The van der Waals surface area contributed by atoms with Gasteiger partial charge in [-0.25, -0.2) is 0 Å². The summed E-state index contributed by atoms with van der Waals surface area (Å²) in [6.07, 6.45) is 0. The van der Waals surface area contributed by atoms with Crippen LogP contribution in [0, 0.1) is 0 Å². The van der Waals surface area contributed by atoms with Crippen LogP contribution in [0.15, 0.2) is 24.3 Å². The predicted molar refractivity (Wildman–Crippen MR) is 45.1 cm³/mol. The highest BCUT2D eigenvalue weighted by Gasteiger charge is 2.01. The first-order valence-corrected chi connectivity index (χ1v) is 3.74. The highest BCUT2D eigenvalue weighted by Crippen LogP contribution is 2.24. The molecule has 1 heterocycles. The average Bonchev–Trinajstić information content (AvgIpc) is 2.70. The van der Waals surface area contributed by atoms with Gasteiger partial charge in [-0.05, 0) is 6.07 Å². The first-order chi connectivity index (χ1) is 6.42. The topological polar surface area (TPSA) is 62.0 Å². The molecule has 1 aromatic carbocycles. The highest BCUT2D eigenvalue weighted by molar-refractivity contribution is 5.62. The first-order valence-electron chi connectivity index (χ1n) is 3.74. The quantitative estimate of drug-likeness (QED) is 0.665. The van der Waals surface area contributed by atoms with Gasteiger partial charge < -0.3 is 9.84 Å². The van der Waals surface area contributed by atoms with Crippen LogP contribution in [-0.4, -0.2) is 22.6 Å². The van der Waals surface area contributed by atoms with Gasteiger partial charge in [0.2, 0.25) is 0 Å². The summed E-state index contributed by atoms with van der Waals surface area (Å²) in [4.78, 5) is 0. The SMILES string of the molecule is COc1ccccc1-c1nnn[n-]1. The van der Waals surface area contributed by atoms with Gasteiger partial charge in [0.15, 0.2) is 0 Å². The minimum absolute atomic E-state index is 0.484. The summed E-state index contributed by atoms with van der Waals surface area (Å²) in [5.74, 6) is 1.20. The van der Waals surface area contributed by atoms with Crippen LogP contribution in [-0.2, 0) is 0 Å². The van der Waals surface area contributed by atoms with E-state index in [1.54, 1.807) is 7.11 Å². The second kappa shape index (κ2) is 3.22. The second-order valence-corrected chi connectivity index (χ2v) is 2.40. The predicted octanol–water partition coefficient (Wildman–Crippen LogP) is 0.504. The van der Waals surface area contributed by atoms with Crippen molar-refractivity contribution in [2.24, 2.45) is 0 Å². The molecule has 0 unspecified atom stereocenters. The monoisotopic (exact) mass is 175 g/mol. The van der Waals surface area contributed by atoms with Crippen molar-refractivity contribution in [3.05, 3.63) is 24.3 Å². The minimum atomic E-state index is 0.484. The van der Waals surface area contributed by atoms with Crippen LogP contribution in [0.5, 0.6) is 5.75 Å². The zero-order valence-corrected chi connectivity index (χ0v) is 7.01. The fourth-order valence-corrected chi connectivity index (χ4v) is 1.08. The van der Waals surface area contributed by atoms with E-state index in [0.717, 1.165) is 11.3 Å². The van der Waals surface area contributed by atoms with Crippen molar-refractivity contribution in [3.8, 4) is 17.1 Å². The van der Waals surface area contributed by atoms with Gasteiger partial charge >= 0.3 is 0 Å². The summed E-state index contributed by atoms with van der Waals surface area (Å²) in [6.45, 7) is 0. The van der Waals surface area contributed by atoms with Gasteiger partial charge in [0, 0.05) is 11.4 Å². The summed E-state index contributed by atoms with van der Waals surface area (Å²) in [5.41, 5.74) is 0.801. The molecule has 0 amide bonds. The smallest absolute Gasteiger partial charge is 0.127 e. The largest absolute Gasteiger partial charge is 0.496 e. The summed E-state index contributed by atoms with van der Waals surface area (Å²) in [7, 11) is 1.60. The maximum Gasteiger partial charge on any atom is 0.127 e. The molecule has 0 aliphatic heterocycles. The molecule has 0 spiro atoms. The Morgan fingerprint density at radius 3 is 2.85 bits per heavy atom. The molecule has 0 saturated heterocycles. The summed E-state index contributed by atoms with van der Waals surface area (Å²) in [6, 6.07) is 7.46. The number of ether oxygens (including phenoxy) is 1. The zero-order valence-electron chi connectivity index (χ0n) is 7.01.